The summed E-state index contributed by atoms with van der Waals surface area (Å²) in [6, 6.07) is 4.42. The maximum absolute atomic E-state index is 13.6. The molecule has 0 spiro atoms. The van der Waals surface area contributed by atoms with E-state index in [1.54, 1.807) is 19.2 Å². The van der Waals surface area contributed by atoms with Crippen molar-refractivity contribution in [2.24, 2.45) is 5.73 Å². The number of hydrogen-bond donors (Lipinski definition) is 2. The van der Waals surface area contributed by atoms with Crippen molar-refractivity contribution in [1.82, 2.24) is 0 Å². The first-order valence-electron chi connectivity index (χ1n) is 5.28. The topological polar surface area (TPSA) is 68.3 Å². The molecule has 0 amide bonds. The van der Waals surface area contributed by atoms with E-state index in [1.165, 1.54) is 6.07 Å². The Bertz CT molecular complexity index is 396. The Kier molecular flexibility index (Phi) is 5.06. The Balaban J connectivity index is 2.63. The Labute approximate surface area is 100 Å². The average Bonchev–Trinajstić information content (AvgIpc) is 2.27. The Hall–Kier alpha value is -1.46. The summed E-state index contributed by atoms with van der Waals surface area (Å²) in [6.07, 6.45) is -0.0908. The van der Waals surface area contributed by atoms with Gasteiger partial charge in [-0.25, -0.2) is 4.39 Å². The largest absolute Gasteiger partial charge is 0.384 e. The van der Waals surface area contributed by atoms with E-state index >= 15 is 0 Å². The van der Waals surface area contributed by atoms with Crippen LogP contribution in [-0.4, -0.2) is 25.7 Å². The molecule has 0 bridgehead atoms. The minimum atomic E-state index is -0.415. The number of nitrogens with one attached hydrogen (secondary N) is 1. The van der Waals surface area contributed by atoms with Crippen LogP contribution in [0.2, 0.25) is 0 Å². The molecule has 0 aliphatic carbocycles. The lowest BCUT2D eigenvalue weighted by atomic mass is 10.1. The number of ether oxygens (including phenoxy) is 2. The maximum Gasteiger partial charge on any atom is 0.129 e. The predicted molar refractivity (Wildman–Crippen MR) is 63.5 cm³/mol. The molecule has 1 unspecified atom stereocenters. The first kappa shape index (κ1) is 13.6. The van der Waals surface area contributed by atoms with E-state index in [0.29, 0.717) is 17.7 Å². The van der Waals surface area contributed by atoms with Gasteiger partial charge in [-0.3, -0.25) is 5.41 Å². The van der Waals surface area contributed by atoms with Gasteiger partial charge in [0.1, 0.15) is 11.7 Å². The van der Waals surface area contributed by atoms with Crippen molar-refractivity contribution in [3.05, 3.63) is 35.1 Å². The Morgan fingerprint density at radius 3 is 2.76 bits per heavy atom. The van der Waals surface area contributed by atoms with Gasteiger partial charge >= 0.3 is 0 Å². The van der Waals surface area contributed by atoms with Crippen molar-refractivity contribution in [3.8, 4) is 0 Å². The van der Waals surface area contributed by atoms with Crippen LogP contribution in [0.15, 0.2) is 18.2 Å². The van der Waals surface area contributed by atoms with E-state index in [2.05, 4.69) is 0 Å². The molecule has 5 heteroatoms. The lowest BCUT2D eigenvalue weighted by Gasteiger charge is -2.12. The van der Waals surface area contributed by atoms with Gasteiger partial charge in [0.15, 0.2) is 0 Å². The van der Waals surface area contributed by atoms with Gasteiger partial charge in [-0.05, 0) is 13.0 Å². The smallest absolute Gasteiger partial charge is 0.129 e. The number of halogens is 1. The van der Waals surface area contributed by atoms with Gasteiger partial charge in [0.05, 0.1) is 19.3 Å². The van der Waals surface area contributed by atoms with Crippen molar-refractivity contribution >= 4 is 5.84 Å². The molecular formula is C12H17FN2O2. The molecule has 0 aliphatic rings. The highest BCUT2D eigenvalue weighted by Crippen LogP contribution is 2.12. The van der Waals surface area contributed by atoms with E-state index in [9.17, 15) is 4.39 Å². The lowest BCUT2D eigenvalue weighted by molar-refractivity contribution is -0.00110. The third kappa shape index (κ3) is 4.13. The van der Waals surface area contributed by atoms with E-state index in [4.69, 9.17) is 20.6 Å². The number of nitrogens with two attached hydrogens (primary N) is 1. The molecule has 94 valence electrons. The van der Waals surface area contributed by atoms with Gasteiger partial charge in [-0.1, -0.05) is 12.1 Å². The van der Waals surface area contributed by atoms with Crippen LogP contribution in [0.1, 0.15) is 18.1 Å². The van der Waals surface area contributed by atoms with Crippen LogP contribution in [0.25, 0.3) is 0 Å². The van der Waals surface area contributed by atoms with Gasteiger partial charge in [0.25, 0.3) is 0 Å². The molecule has 3 N–H and O–H groups in total. The van der Waals surface area contributed by atoms with Crippen LogP contribution in [-0.2, 0) is 16.1 Å². The molecule has 0 heterocycles. The van der Waals surface area contributed by atoms with E-state index in [1.807, 2.05) is 6.92 Å². The fourth-order valence-electron chi connectivity index (χ4n) is 1.35. The first-order valence-corrected chi connectivity index (χ1v) is 5.28. The second kappa shape index (κ2) is 6.32. The summed E-state index contributed by atoms with van der Waals surface area (Å²) in [5.41, 5.74) is 6.08. The van der Waals surface area contributed by atoms with Crippen molar-refractivity contribution in [2.45, 2.75) is 19.6 Å². The normalized spacial score (nSPS) is 12.4. The summed E-state index contributed by atoms with van der Waals surface area (Å²) < 4.78 is 23.9. The summed E-state index contributed by atoms with van der Waals surface area (Å²) in [4.78, 5) is 0. The zero-order chi connectivity index (χ0) is 12.8. The summed E-state index contributed by atoms with van der Waals surface area (Å²) in [5.74, 6) is -0.563. The third-order valence-corrected chi connectivity index (χ3v) is 2.29. The molecule has 0 radical (unpaired) electrons. The summed E-state index contributed by atoms with van der Waals surface area (Å²) >= 11 is 0. The summed E-state index contributed by atoms with van der Waals surface area (Å²) in [7, 11) is 1.59. The van der Waals surface area contributed by atoms with Gasteiger partial charge in [0.2, 0.25) is 0 Å². The molecule has 0 fully saturated rings. The average molecular weight is 240 g/mol. The monoisotopic (exact) mass is 240 g/mol. The minimum absolute atomic E-state index is 0.0908. The van der Waals surface area contributed by atoms with E-state index in [-0.39, 0.29) is 18.5 Å². The number of methoxy groups -OCH3 is 1. The second-order valence-corrected chi connectivity index (χ2v) is 3.80. The molecule has 0 aliphatic heterocycles. The van der Waals surface area contributed by atoms with Crippen LogP contribution in [0.4, 0.5) is 4.39 Å². The molecular weight excluding hydrogens is 223 g/mol. The zero-order valence-electron chi connectivity index (χ0n) is 10.00. The Morgan fingerprint density at radius 1 is 1.53 bits per heavy atom. The highest BCUT2D eigenvalue weighted by molar-refractivity contribution is 5.94. The van der Waals surface area contributed by atoms with Gasteiger partial charge in [-0.15, -0.1) is 0 Å². The fourth-order valence-corrected chi connectivity index (χ4v) is 1.35. The molecule has 1 aromatic rings. The number of rotatable bonds is 6. The Morgan fingerprint density at radius 2 is 2.24 bits per heavy atom. The van der Waals surface area contributed by atoms with Crippen molar-refractivity contribution in [1.29, 1.82) is 5.41 Å². The van der Waals surface area contributed by atoms with Crippen LogP contribution in [0.3, 0.4) is 0 Å². The van der Waals surface area contributed by atoms with Crippen molar-refractivity contribution in [3.63, 3.8) is 0 Å². The second-order valence-electron chi connectivity index (χ2n) is 3.80. The van der Waals surface area contributed by atoms with Gasteiger partial charge in [-0.2, -0.15) is 0 Å². The van der Waals surface area contributed by atoms with E-state index in [0.717, 1.165) is 0 Å². The zero-order valence-corrected chi connectivity index (χ0v) is 10.00. The van der Waals surface area contributed by atoms with Gasteiger partial charge in [0, 0.05) is 18.2 Å². The summed E-state index contributed by atoms with van der Waals surface area (Å²) in [6.45, 7) is 2.49. The molecule has 0 aromatic heterocycles. The maximum atomic E-state index is 13.6. The van der Waals surface area contributed by atoms with E-state index < -0.39 is 5.82 Å². The number of hydrogen-bond acceptors (Lipinski definition) is 3. The van der Waals surface area contributed by atoms with Crippen LogP contribution < -0.4 is 5.73 Å². The molecule has 0 saturated heterocycles. The third-order valence-electron chi connectivity index (χ3n) is 2.29. The highest BCUT2D eigenvalue weighted by atomic mass is 19.1. The molecule has 1 rings (SSSR count). The molecule has 4 nitrogen and oxygen atoms in total. The lowest BCUT2D eigenvalue weighted by Crippen LogP contribution is -2.15. The molecule has 1 atom stereocenters. The van der Waals surface area contributed by atoms with Crippen molar-refractivity contribution in [2.75, 3.05) is 13.7 Å². The molecule has 0 saturated carbocycles. The van der Waals surface area contributed by atoms with Crippen LogP contribution in [0.5, 0.6) is 0 Å². The number of benzene rings is 1. The van der Waals surface area contributed by atoms with Crippen molar-refractivity contribution < 1.29 is 13.9 Å². The first-order chi connectivity index (χ1) is 8.04. The van der Waals surface area contributed by atoms with Crippen LogP contribution >= 0.6 is 0 Å². The highest BCUT2D eigenvalue weighted by Gasteiger charge is 2.07. The number of amidine groups is 1. The SMILES string of the molecule is COCC(C)OCc1ccc(C(=N)N)cc1F. The fraction of sp³-hybridized carbons (Fsp3) is 0.417. The number of nitrogen functional groups attached to an aromatic ring is 1. The quantitative estimate of drug-likeness (QED) is 0.587. The van der Waals surface area contributed by atoms with Crippen LogP contribution in [0, 0.1) is 11.2 Å². The summed E-state index contributed by atoms with van der Waals surface area (Å²) in [5, 5.41) is 7.19. The standard InChI is InChI=1S/C12H17FN2O2/c1-8(6-16-2)17-7-10-4-3-9(12(14)15)5-11(10)13/h3-5,8H,6-7H2,1-2H3,(H3,14,15). The minimum Gasteiger partial charge on any atom is -0.384 e. The predicted octanol–water partition coefficient (Wildman–Crippen LogP) is 1.66. The molecule has 1 aromatic carbocycles. The molecule has 17 heavy (non-hydrogen) atoms. The van der Waals surface area contributed by atoms with Gasteiger partial charge < -0.3 is 15.2 Å².